The molecule has 0 aliphatic heterocycles. The molecule has 0 spiro atoms. The molecule has 11 heavy (non-hydrogen) atoms. The second-order valence-electron chi connectivity index (χ2n) is 2.24. The maximum absolute atomic E-state index is 10.5. The van der Waals surface area contributed by atoms with Gasteiger partial charge in [0.25, 0.3) is 0 Å². The summed E-state index contributed by atoms with van der Waals surface area (Å²) < 4.78 is 1.80. The lowest BCUT2D eigenvalue weighted by atomic mass is 10.2. The van der Waals surface area contributed by atoms with E-state index >= 15 is 0 Å². The van der Waals surface area contributed by atoms with Crippen molar-refractivity contribution < 1.29 is 4.79 Å². The number of aryl methyl sites for hydroxylation is 1. The summed E-state index contributed by atoms with van der Waals surface area (Å²) in [5, 5.41) is 0. The van der Waals surface area contributed by atoms with Crippen LogP contribution < -0.4 is 0 Å². The van der Waals surface area contributed by atoms with Crippen molar-refractivity contribution in [3.63, 3.8) is 0 Å². The van der Waals surface area contributed by atoms with Crippen molar-refractivity contribution in [2.75, 3.05) is 0 Å². The first kappa shape index (κ1) is 8.94. The van der Waals surface area contributed by atoms with Crippen LogP contribution in [0, 0.1) is 6.92 Å². The number of rotatable bonds is 1. The molecule has 1 nitrogen and oxygen atoms in total. The van der Waals surface area contributed by atoms with E-state index in [0.29, 0.717) is 5.56 Å². The lowest BCUT2D eigenvalue weighted by molar-refractivity contribution is 0.112. The van der Waals surface area contributed by atoms with Crippen molar-refractivity contribution in [3.8, 4) is 0 Å². The minimum atomic E-state index is 0.678. The fourth-order valence-electron chi connectivity index (χ4n) is 0.837. The highest BCUT2D eigenvalue weighted by molar-refractivity contribution is 9.11. The quantitative estimate of drug-likeness (QED) is 0.720. The molecule has 0 aromatic heterocycles. The lowest BCUT2D eigenvalue weighted by Gasteiger charge is -2.01. The molecule has 0 bridgehead atoms. The zero-order chi connectivity index (χ0) is 8.43. The molecule has 0 aliphatic carbocycles. The van der Waals surface area contributed by atoms with Gasteiger partial charge in [-0.15, -0.1) is 0 Å². The summed E-state index contributed by atoms with van der Waals surface area (Å²) in [6, 6.07) is 3.74. The van der Waals surface area contributed by atoms with Gasteiger partial charge >= 0.3 is 0 Å². The Kier molecular flexibility index (Phi) is 2.84. The first-order valence-electron chi connectivity index (χ1n) is 3.06. The predicted molar refractivity (Wildman–Crippen MR) is 52.0 cm³/mol. The smallest absolute Gasteiger partial charge is 0.151 e. The van der Waals surface area contributed by atoms with E-state index in [2.05, 4.69) is 31.9 Å². The van der Waals surface area contributed by atoms with Crippen molar-refractivity contribution >= 4 is 38.1 Å². The molecule has 58 valence electrons. The molecule has 0 N–H and O–H groups in total. The Bertz CT molecular complexity index is 294. The molecule has 0 amide bonds. The summed E-state index contributed by atoms with van der Waals surface area (Å²) in [5.74, 6) is 0. The maximum atomic E-state index is 10.5. The molecule has 1 aromatic carbocycles. The fourth-order valence-corrected chi connectivity index (χ4v) is 1.75. The highest BCUT2D eigenvalue weighted by atomic mass is 79.9. The molecule has 3 heteroatoms. The minimum absolute atomic E-state index is 0.678. The molecule has 0 saturated carbocycles. The highest BCUT2D eigenvalue weighted by Crippen LogP contribution is 2.24. The summed E-state index contributed by atoms with van der Waals surface area (Å²) in [7, 11) is 0. The average Bonchev–Trinajstić information content (AvgIpc) is 1.96. The van der Waals surface area contributed by atoms with Crippen molar-refractivity contribution in [3.05, 3.63) is 32.2 Å². The maximum Gasteiger partial charge on any atom is 0.151 e. The number of carbonyl (C=O) groups is 1. The summed E-state index contributed by atoms with van der Waals surface area (Å²) >= 11 is 6.63. The van der Waals surface area contributed by atoms with Crippen molar-refractivity contribution in [1.29, 1.82) is 0 Å². The van der Waals surface area contributed by atoms with Gasteiger partial charge in [-0.2, -0.15) is 0 Å². The largest absolute Gasteiger partial charge is 0.298 e. The van der Waals surface area contributed by atoms with E-state index in [0.717, 1.165) is 20.8 Å². The number of benzene rings is 1. The summed E-state index contributed by atoms with van der Waals surface area (Å²) in [5.41, 5.74) is 1.73. The SMILES string of the molecule is Cc1cc(Br)cc(C=O)c1Br. The number of aldehydes is 1. The van der Waals surface area contributed by atoms with E-state index in [1.165, 1.54) is 0 Å². The van der Waals surface area contributed by atoms with Gasteiger partial charge in [0.1, 0.15) is 0 Å². The van der Waals surface area contributed by atoms with Crippen LogP contribution in [0.5, 0.6) is 0 Å². The first-order chi connectivity index (χ1) is 5.15. The molecule has 0 heterocycles. The van der Waals surface area contributed by atoms with E-state index in [9.17, 15) is 4.79 Å². The average molecular weight is 278 g/mol. The van der Waals surface area contributed by atoms with E-state index in [1.807, 2.05) is 13.0 Å². The normalized spacial score (nSPS) is 9.73. The van der Waals surface area contributed by atoms with Gasteiger partial charge in [-0.05, 0) is 40.5 Å². The molecule has 0 atom stereocenters. The van der Waals surface area contributed by atoms with Gasteiger partial charge in [-0.3, -0.25) is 4.79 Å². The van der Waals surface area contributed by atoms with Crippen LogP contribution in [0.4, 0.5) is 0 Å². The second-order valence-corrected chi connectivity index (χ2v) is 3.95. The Balaban J connectivity index is 3.35. The molecule has 0 saturated heterocycles. The van der Waals surface area contributed by atoms with Gasteiger partial charge in [0.15, 0.2) is 6.29 Å². The van der Waals surface area contributed by atoms with Crippen LogP contribution >= 0.6 is 31.9 Å². The number of halogens is 2. The van der Waals surface area contributed by atoms with Gasteiger partial charge in [-0.1, -0.05) is 15.9 Å². The first-order valence-corrected chi connectivity index (χ1v) is 4.64. The molecule has 0 radical (unpaired) electrons. The number of hydrogen-bond donors (Lipinski definition) is 0. The van der Waals surface area contributed by atoms with Gasteiger partial charge < -0.3 is 0 Å². The fraction of sp³-hybridized carbons (Fsp3) is 0.125. The van der Waals surface area contributed by atoms with Crippen molar-refractivity contribution in [1.82, 2.24) is 0 Å². The van der Waals surface area contributed by atoms with E-state index in [1.54, 1.807) is 6.07 Å². The second kappa shape index (κ2) is 3.50. The topological polar surface area (TPSA) is 17.1 Å². The van der Waals surface area contributed by atoms with E-state index < -0.39 is 0 Å². The van der Waals surface area contributed by atoms with Crippen LogP contribution in [-0.4, -0.2) is 6.29 Å². The van der Waals surface area contributed by atoms with Gasteiger partial charge in [-0.25, -0.2) is 0 Å². The van der Waals surface area contributed by atoms with Crippen molar-refractivity contribution in [2.24, 2.45) is 0 Å². The number of carbonyl (C=O) groups excluding carboxylic acids is 1. The zero-order valence-corrected chi connectivity index (χ0v) is 9.07. The Labute approximate surface area is 82.1 Å². The number of hydrogen-bond acceptors (Lipinski definition) is 1. The third-order valence-corrected chi connectivity index (χ3v) is 2.92. The molecule has 0 aliphatic rings. The van der Waals surface area contributed by atoms with Gasteiger partial charge in [0.2, 0.25) is 0 Å². The van der Waals surface area contributed by atoms with Gasteiger partial charge in [0, 0.05) is 14.5 Å². The Morgan fingerprint density at radius 2 is 2.00 bits per heavy atom. The molecule has 0 fully saturated rings. The minimum Gasteiger partial charge on any atom is -0.298 e. The predicted octanol–water partition coefficient (Wildman–Crippen LogP) is 3.33. The van der Waals surface area contributed by atoms with Crippen molar-refractivity contribution in [2.45, 2.75) is 6.92 Å². The summed E-state index contributed by atoms with van der Waals surface area (Å²) in [4.78, 5) is 10.5. The third kappa shape index (κ3) is 1.91. The van der Waals surface area contributed by atoms with Crippen LogP contribution in [-0.2, 0) is 0 Å². The molecular formula is C8H6Br2O. The Morgan fingerprint density at radius 3 is 2.55 bits per heavy atom. The van der Waals surface area contributed by atoms with Crippen LogP contribution in [0.1, 0.15) is 15.9 Å². The zero-order valence-electron chi connectivity index (χ0n) is 5.90. The van der Waals surface area contributed by atoms with Crippen LogP contribution in [0.15, 0.2) is 21.1 Å². The lowest BCUT2D eigenvalue weighted by Crippen LogP contribution is -1.85. The van der Waals surface area contributed by atoms with Gasteiger partial charge in [0.05, 0.1) is 0 Å². The molecule has 1 rings (SSSR count). The molecule has 1 aromatic rings. The molecular weight excluding hydrogens is 272 g/mol. The van der Waals surface area contributed by atoms with Crippen LogP contribution in [0.2, 0.25) is 0 Å². The standard InChI is InChI=1S/C8H6Br2O/c1-5-2-7(9)3-6(4-11)8(5)10/h2-4H,1H3. The van der Waals surface area contributed by atoms with Crippen LogP contribution in [0.25, 0.3) is 0 Å². The Morgan fingerprint density at radius 1 is 1.36 bits per heavy atom. The van der Waals surface area contributed by atoms with E-state index in [4.69, 9.17) is 0 Å². The van der Waals surface area contributed by atoms with Crippen LogP contribution in [0.3, 0.4) is 0 Å². The van der Waals surface area contributed by atoms with E-state index in [-0.39, 0.29) is 0 Å². The Hall–Kier alpha value is -0.150. The molecule has 0 unspecified atom stereocenters. The monoisotopic (exact) mass is 276 g/mol. The summed E-state index contributed by atoms with van der Waals surface area (Å²) in [6.07, 6.45) is 0.835. The summed E-state index contributed by atoms with van der Waals surface area (Å²) in [6.45, 7) is 1.95. The third-order valence-electron chi connectivity index (χ3n) is 1.37. The highest BCUT2D eigenvalue weighted by Gasteiger charge is 2.02.